The highest BCUT2D eigenvalue weighted by atomic mass is 35.5. The predicted molar refractivity (Wildman–Crippen MR) is 150 cm³/mol. The molecule has 0 unspecified atom stereocenters. The molecular formula is C27H35ClN6O3S. The van der Waals surface area contributed by atoms with Crippen molar-refractivity contribution in [3.63, 3.8) is 0 Å². The number of carbonyl (C=O) groups excluding carboxylic acids is 1. The van der Waals surface area contributed by atoms with E-state index < -0.39 is 10.0 Å². The summed E-state index contributed by atoms with van der Waals surface area (Å²) in [6, 6.07) is 8.44. The lowest BCUT2D eigenvalue weighted by molar-refractivity contribution is 0.0607. The molecule has 2 aliphatic heterocycles. The van der Waals surface area contributed by atoms with E-state index in [1.807, 2.05) is 17.5 Å². The predicted octanol–water partition coefficient (Wildman–Crippen LogP) is 4.91. The fourth-order valence-electron chi connectivity index (χ4n) is 5.61. The number of halogens is 1. The summed E-state index contributed by atoms with van der Waals surface area (Å²) in [5, 5.41) is 5.24. The normalized spacial score (nSPS) is 20.5. The third kappa shape index (κ3) is 5.47. The molecule has 2 saturated heterocycles. The molecule has 1 aromatic carbocycles. The lowest BCUT2D eigenvalue weighted by Crippen LogP contribution is -2.39. The second-order valence-electron chi connectivity index (χ2n) is 10.9. The molecular weight excluding hydrogens is 524 g/mol. The Hall–Kier alpha value is -2.85. The van der Waals surface area contributed by atoms with Gasteiger partial charge in [0.05, 0.1) is 29.2 Å². The molecule has 11 heteroatoms. The number of sulfonamides is 1. The average Bonchev–Trinajstić information content (AvgIpc) is 3.52. The van der Waals surface area contributed by atoms with Crippen molar-refractivity contribution in [1.29, 1.82) is 0 Å². The lowest BCUT2D eigenvalue weighted by Gasteiger charge is -2.35. The summed E-state index contributed by atoms with van der Waals surface area (Å²) in [6.45, 7) is 9.14. The summed E-state index contributed by atoms with van der Waals surface area (Å²) in [5.41, 5.74) is 2.99. The Morgan fingerprint density at radius 3 is 2.63 bits per heavy atom. The van der Waals surface area contributed by atoms with Gasteiger partial charge in [-0.15, -0.1) is 0 Å². The van der Waals surface area contributed by atoms with Crippen LogP contribution in [0.4, 0.5) is 11.5 Å². The molecule has 0 radical (unpaired) electrons. The van der Waals surface area contributed by atoms with Crippen LogP contribution < -0.4 is 9.62 Å². The number of nitrogens with one attached hydrogen (secondary N) is 1. The van der Waals surface area contributed by atoms with Crippen LogP contribution in [0, 0.1) is 18.8 Å². The first-order valence-corrected chi connectivity index (χ1v) is 15.5. The van der Waals surface area contributed by atoms with Crippen LogP contribution in [0.3, 0.4) is 0 Å². The summed E-state index contributed by atoms with van der Waals surface area (Å²) >= 11 is 6.21. The van der Waals surface area contributed by atoms with Gasteiger partial charge in [-0.2, -0.15) is 5.10 Å². The maximum Gasteiger partial charge on any atom is 0.256 e. The number of fused-ring (bicyclic) bond motifs is 1. The first-order valence-electron chi connectivity index (χ1n) is 13.2. The quantitative estimate of drug-likeness (QED) is 0.461. The fraction of sp³-hybridized carbons (Fsp3) is 0.519. The maximum atomic E-state index is 13.8. The Morgan fingerprint density at radius 1 is 1.13 bits per heavy atom. The molecule has 9 nitrogen and oxygen atoms in total. The highest BCUT2D eigenvalue weighted by molar-refractivity contribution is 7.92. The van der Waals surface area contributed by atoms with Crippen LogP contribution in [-0.4, -0.2) is 59.7 Å². The molecule has 4 heterocycles. The van der Waals surface area contributed by atoms with Gasteiger partial charge in [0.1, 0.15) is 5.82 Å². The van der Waals surface area contributed by atoms with Crippen LogP contribution in [0.5, 0.6) is 0 Å². The molecule has 1 amide bonds. The van der Waals surface area contributed by atoms with Gasteiger partial charge in [0.2, 0.25) is 10.0 Å². The Morgan fingerprint density at radius 2 is 1.92 bits per heavy atom. The summed E-state index contributed by atoms with van der Waals surface area (Å²) in [5.74, 6) is 2.01. The third-order valence-electron chi connectivity index (χ3n) is 7.71. The molecule has 1 N–H and O–H groups in total. The smallest absolute Gasteiger partial charge is 0.256 e. The molecule has 2 aliphatic rings. The number of amides is 1. The number of benzene rings is 1. The number of aryl methyl sites for hydroxylation is 1. The van der Waals surface area contributed by atoms with Gasteiger partial charge >= 0.3 is 0 Å². The van der Waals surface area contributed by atoms with Crippen LogP contribution in [0.15, 0.2) is 30.3 Å². The number of nitrogens with zero attached hydrogens (tertiary/aromatic N) is 5. The number of anilines is 2. The molecule has 38 heavy (non-hydrogen) atoms. The topological polar surface area (TPSA) is 99.9 Å². The van der Waals surface area contributed by atoms with Crippen molar-refractivity contribution in [1.82, 2.24) is 19.5 Å². The highest BCUT2D eigenvalue weighted by Gasteiger charge is 2.33. The van der Waals surface area contributed by atoms with Crippen molar-refractivity contribution in [2.24, 2.45) is 11.8 Å². The largest absolute Gasteiger partial charge is 0.356 e. The number of piperidine rings is 1. The second kappa shape index (κ2) is 10.4. The molecule has 0 spiro atoms. The summed E-state index contributed by atoms with van der Waals surface area (Å²) < 4.78 is 28.2. The van der Waals surface area contributed by atoms with Gasteiger partial charge in [0, 0.05) is 42.5 Å². The van der Waals surface area contributed by atoms with Gasteiger partial charge in [0.15, 0.2) is 5.65 Å². The van der Waals surface area contributed by atoms with Gasteiger partial charge in [0.25, 0.3) is 5.91 Å². The Balaban J connectivity index is 1.47. The van der Waals surface area contributed by atoms with Gasteiger partial charge in [-0.25, -0.2) is 17.9 Å². The Bertz CT molecular complexity index is 1470. The van der Waals surface area contributed by atoms with Crippen LogP contribution in [0.1, 0.15) is 67.3 Å². The molecule has 2 aromatic heterocycles. The van der Waals surface area contributed by atoms with Crippen molar-refractivity contribution in [3.8, 4) is 0 Å². The average molecular weight is 559 g/mol. The minimum absolute atomic E-state index is 0.216. The number of likely N-dealkylation sites (tertiary alicyclic amines) is 1. The van der Waals surface area contributed by atoms with E-state index in [0.717, 1.165) is 61.5 Å². The monoisotopic (exact) mass is 558 g/mol. The van der Waals surface area contributed by atoms with Gasteiger partial charge in [-0.05, 0) is 62.6 Å². The van der Waals surface area contributed by atoms with Crippen LogP contribution in [-0.2, 0) is 10.0 Å². The van der Waals surface area contributed by atoms with E-state index in [0.29, 0.717) is 23.4 Å². The zero-order valence-electron chi connectivity index (χ0n) is 22.3. The molecule has 0 bridgehead atoms. The highest BCUT2D eigenvalue weighted by Crippen LogP contribution is 2.35. The molecule has 2 fully saturated rings. The third-order valence-corrected chi connectivity index (χ3v) is 8.54. The molecule has 2 atom stereocenters. The van der Waals surface area contributed by atoms with Crippen LogP contribution >= 0.6 is 11.6 Å². The molecule has 0 aliphatic carbocycles. The second-order valence-corrected chi connectivity index (χ2v) is 13.1. The van der Waals surface area contributed by atoms with E-state index in [1.54, 1.807) is 11.0 Å². The standard InChI is InChI=1S/C27H35ClN6O3S/c1-17(2)19-10-12-32(16-19)25-13-18(3)34-26(29-25)15-23(30-34)24-7-5-6-11-33(24)27(35)21-14-20(28)8-9-22(21)31-38(4,36)37/h8-9,13-15,17,19,24,31H,5-7,10-12,16H2,1-4H3/t19-,24+/m1/s1. The number of hydrogen-bond acceptors (Lipinski definition) is 6. The number of hydrogen-bond donors (Lipinski definition) is 1. The van der Waals surface area contributed by atoms with Crippen molar-refractivity contribution in [3.05, 3.63) is 52.3 Å². The van der Waals surface area contributed by atoms with Gasteiger partial charge in [-0.3, -0.25) is 9.52 Å². The molecule has 5 rings (SSSR count). The molecule has 3 aromatic rings. The number of rotatable bonds is 6. The van der Waals surface area contributed by atoms with E-state index in [1.165, 1.54) is 18.6 Å². The van der Waals surface area contributed by atoms with E-state index >= 15 is 0 Å². The fourth-order valence-corrected chi connectivity index (χ4v) is 6.36. The number of aromatic nitrogens is 3. The van der Waals surface area contributed by atoms with E-state index in [9.17, 15) is 13.2 Å². The van der Waals surface area contributed by atoms with E-state index in [-0.39, 0.29) is 23.2 Å². The van der Waals surface area contributed by atoms with Gasteiger partial charge in [-0.1, -0.05) is 25.4 Å². The van der Waals surface area contributed by atoms with E-state index in [4.69, 9.17) is 21.7 Å². The first kappa shape index (κ1) is 26.7. The van der Waals surface area contributed by atoms with Crippen molar-refractivity contribution >= 4 is 44.7 Å². The molecule has 204 valence electrons. The zero-order valence-corrected chi connectivity index (χ0v) is 23.9. The summed E-state index contributed by atoms with van der Waals surface area (Å²) in [6.07, 6.45) is 4.82. The van der Waals surface area contributed by atoms with Crippen LogP contribution in [0.25, 0.3) is 5.65 Å². The maximum absolute atomic E-state index is 13.8. The van der Waals surface area contributed by atoms with E-state index in [2.05, 4.69) is 29.5 Å². The minimum atomic E-state index is -3.58. The Kier molecular flexibility index (Phi) is 7.30. The van der Waals surface area contributed by atoms with Crippen molar-refractivity contribution < 1.29 is 13.2 Å². The Labute approximate surface area is 229 Å². The minimum Gasteiger partial charge on any atom is -0.356 e. The summed E-state index contributed by atoms with van der Waals surface area (Å²) in [4.78, 5) is 22.9. The number of carbonyl (C=O) groups is 1. The molecule has 0 saturated carbocycles. The SMILES string of the molecule is Cc1cc(N2CC[C@@H](C(C)C)C2)nc2cc([C@@H]3CCCCN3C(=O)c3cc(Cl)ccc3NS(C)(=O)=O)nn12. The van der Waals surface area contributed by atoms with Crippen molar-refractivity contribution in [2.75, 3.05) is 35.5 Å². The van der Waals surface area contributed by atoms with Crippen molar-refractivity contribution in [2.45, 2.75) is 52.5 Å². The first-order chi connectivity index (χ1) is 18.0. The van der Waals surface area contributed by atoms with Crippen LogP contribution in [0.2, 0.25) is 5.02 Å². The lowest BCUT2D eigenvalue weighted by atomic mass is 9.95. The summed E-state index contributed by atoms with van der Waals surface area (Å²) in [7, 11) is -3.58. The van der Waals surface area contributed by atoms with Gasteiger partial charge < -0.3 is 9.80 Å². The zero-order chi connectivity index (χ0) is 27.2.